The molecule has 0 spiro atoms. The highest BCUT2D eigenvalue weighted by atomic mass is 32.2. The number of nitrogen functional groups attached to an aromatic ring is 2. The van der Waals surface area contributed by atoms with Crippen molar-refractivity contribution in [3.05, 3.63) is 42.5 Å². The van der Waals surface area contributed by atoms with Gasteiger partial charge in [-0.3, -0.25) is 0 Å². The largest absolute Gasteiger partial charge is 0.748 e. The Labute approximate surface area is 166 Å². The summed E-state index contributed by atoms with van der Waals surface area (Å²) in [4.78, 5) is 0. The maximum Gasteiger partial charge on any atom is 0.162 e. The quantitative estimate of drug-likeness (QED) is 0.365. The fourth-order valence-corrected chi connectivity index (χ4v) is 2.12. The molecule has 0 heterocycles. The maximum absolute atomic E-state index is 9.08. The Morgan fingerprint density at radius 1 is 0.857 bits per heavy atom. The van der Waals surface area contributed by atoms with E-state index in [2.05, 4.69) is 0 Å². The van der Waals surface area contributed by atoms with Crippen LogP contribution in [0.3, 0.4) is 0 Å². The molecular formula is C19H27N2O6S-. The first-order valence-electron chi connectivity index (χ1n) is 8.64. The van der Waals surface area contributed by atoms with E-state index in [9.17, 15) is 0 Å². The highest BCUT2D eigenvalue weighted by Crippen LogP contribution is 2.29. The molecule has 0 fully saturated rings. The van der Waals surface area contributed by atoms with E-state index < -0.39 is 10.1 Å². The molecule has 0 atom stereocenters. The maximum atomic E-state index is 9.08. The van der Waals surface area contributed by atoms with Gasteiger partial charge in [-0.25, -0.2) is 8.42 Å². The lowest BCUT2D eigenvalue weighted by atomic mass is 10.2. The van der Waals surface area contributed by atoms with Gasteiger partial charge in [0.1, 0.15) is 5.75 Å². The number of ether oxygens (including phenoxy) is 3. The average Bonchev–Trinajstić information content (AvgIpc) is 2.62. The minimum atomic E-state index is -3.92. The van der Waals surface area contributed by atoms with Gasteiger partial charge in [0, 0.05) is 23.7 Å². The van der Waals surface area contributed by atoms with Crippen molar-refractivity contribution in [1.82, 2.24) is 0 Å². The zero-order valence-electron chi connectivity index (χ0n) is 16.1. The number of unbranched alkanes of at least 4 members (excludes halogenated alkanes) is 2. The summed E-state index contributed by atoms with van der Waals surface area (Å²) in [6.07, 6.45) is 3.57. The molecule has 156 valence electrons. The second-order valence-electron chi connectivity index (χ2n) is 5.94. The van der Waals surface area contributed by atoms with Crippen LogP contribution in [0.5, 0.6) is 17.2 Å². The summed E-state index contributed by atoms with van der Waals surface area (Å²) >= 11 is 0. The molecule has 28 heavy (non-hydrogen) atoms. The molecule has 9 heteroatoms. The molecule has 0 bridgehead atoms. The first-order chi connectivity index (χ1) is 13.2. The van der Waals surface area contributed by atoms with Crippen molar-refractivity contribution in [1.29, 1.82) is 0 Å². The third-order valence-electron chi connectivity index (χ3n) is 3.38. The number of benzene rings is 2. The minimum Gasteiger partial charge on any atom is -0.748 e. The second kappa shape index (κ2) is 11.9. The van der Waals surface area contributed by atoms with Gasteiger partial charge >= 0.3 is 0 Å². The molecule has 4 N–H and O–H groups in total. The molecule has 0 radical (unpaired) electrons. The van der Waals surface area contributed by atoms with Crippen molar-refractivity contribution >= 4 is 21.5 Å². The SMILES string of the molecule is COc1cc(N)ccc1OCCCCCOc1ccc(N)cc1.CS(=O)(=O)[O-]. The zero-order valence-corrected chi connectivity index (χ0v) is 16.9. The summed E-state index contributed by atoms with van der Waals surface area (Å²) in [5.41, 5.74) is 12.7. The standard InChI is InChI=1S/C18H24N2O3.CH4O3S/c1-21-18-13-15(20)7-10-17(18)23-12-4-2-3-11-22-16-8-5-14(19)6-9-16;1-5(2,3)4/h5-10,13H,2-4,11-12,19-20H2,1H3;1H3,(H,2,3,4)/p-1. The Morgan fingerprint density at radius 3 is 1.96 bits per heavy atom. The second-order valence-corrected chi connectivity index (χ2v) is 7.35. The van der Waals surface area contributed by atoms with Crippen molar-refractivity contribution in [2.45, 2.75) is 19.3 Å². The fraction of sp³-hybridized carbons (Fsp3) is 0.368. The van der Waals surface area contributed by atoms with Gasteiger partial charge in [0.05, 0.1) is 30.4 Å². The number of hydrogen-bond acceptors (Lipinski definition) is 8. The third kappa shape index (κ3) is 11.1. The van der Waals surface area contributed by atoms with Crippen LogP contribution in [0.2, 0.25) is 0 Å². The van der Waals surface area contributed by atoms with Gasteiger partial charge in [0.2, 0.25) is 0 Å². The average molecular weight is 412 g/mol. The number of methoxy groups -OCH3 is 1. The lowest BCUT2D eigenvalue weighted by Gasteiger charge is -2.11. The number of nitrogens with two attached hydrogens (primary N) is 2. The lowest BCUT2D eigenvalue weighted by molar-refractivity contribution is 0.270. The monoisotopic (exact) mass is 411 g/mol. The Balaban J connectivity index is 0.000000696. The van der Waals surface area contributed by atoms with Crippen molar-refractivity contribution in [2.24, 2.45) is 0 Å². The summed E-state index contributed by atoms with van der Waals surface area (Å²) in [6.45, 7) is 1.33. The lowest BCUT2D eigenvalue weighted by Crippen LogP contribution is -2.02. The first kappa shape index (κ1) is 23.4. The molecule has 0 saturated carbocycles. The summed E-state index contributed by atoms with van der Waals surface area (Å²) in [5, 5.41) is 0. The van der Waals surface area contributed by atoms with Crippen LogP contribution in [0.1, 0.15) is 19.3 Å². The van der Waals surface area contributed by atoms with E-state index in [0.29, 0.717) is 30.9 Å². The smallest absolute Gasteiger partial charge is 0.162 e. The third-order valence-corrected chi connectivity index (χ3v) is 3.38. The molecule has 0 amide bonds. The van der Waals surface area contributed by atoms with Crippen LogP contribution in [-0.2, 0) is 10.1 Å². The first-order valence-corrected chi connectivity index (χ1v) is 10.5. The molecule has 0 unspecified atom stereocenters. The Kier molecular flexibility index (Phi) is 9.97. The van der Waals surface area contributed by atoms with E-state index in [1.165, 1.54) is 0 Å². The number of hydrogen-bond donors (Lipinski definition) is 2. The van der Waals surface area contributed by atoms with Crippen LogP contribution in [0.15, 0.2) is 42.5 Å². The predicted molar refractivity (Wildman–Crippen MR) is 109 cm³/mol. The van der Waals surface area contributed by atoms with Gasteiger partial charge in [-0.05, 0) is 55.7 Å². The summed E-state index contributed by atoms with van der Waals surface area (Å²) in [6, 6.07) is 12.8. The van der Waals surface area contributed by atoms with Crippen molar-refractivity contribution < 1.29 is 27.2 Å². The molecule has 0 aliphatic heterocycles. The van der Waals surface area contributed by atoms with Crippen LogP contribution in [-0.4, -0.2) is 39.5 Å². The fourth-order valence-electron chi connectivity index (χ4n) is 2.12. The Morgan fingerprint density at radius 2 is 1.39 bits per heavy atom. The van der Waals surface area contributed by atoms with E-state index in [1.807, 2.05) is 30.3 Å². The van der Waals surface area contributed by atoms with E-state index in [4.69, 9.17) is 38.6 Å². The van der Waals surface area contributed by atoms with Crippen molar-refractivity contribution in [3.63, 3.8) is 0 Å². The van der Waals surface area contributed by atoms with Crippen LogP contribution >= 0.6 is 0 Å². The van der Waals surface area contributed by atoms with Crippen molar-refractivity contribution in [2.75, 3.05) is 38.0 Å². The van der Waals surface area contributed by atoms with E-state index >= 15 is 0 Å². The Hall–Kier alpha value is -2.65. The van der Waals surface area contributed by atoms with Gasteiger partial charge in [0.25, 0.3) is 0 Å². The highest BCUT2D eigenvalue weighted by molar-refractivity contribution is 7.84. The number of rotatable bonds is 9. The zero-order chi connectivity index (χ0) is 21.0. The molecule has 0 saturated heterocycles. The molecule has 2 aromatic carbocycles. The van der Waals surface area contributed by atoms with E-state index in [-0.39, 0.29) is 0 Å². The molecule has 0 aliphatic carbocycles. The summed E-state index contributed by atoms with van der Waals surface area (Å²) in [7, 11) is -2.31. The molecular weight excluding hydrogens is 384 g/mol. The molecule has 2 aromatic rings. The van der Waals surface area contributed by atoms with E-state index in [0.717, 1.165) is 36.4 Å². The predicted octanol–water partition coefficient (Wildman–Crippen LogP) is 2.65. The van der Waals surface area contributed by atoms with Gasteiger partial charge in [-0.15, -0.1) is 0 Å². The summed E-state index contributed by atoms with van der Waals surface area (Å²) in [5.74, 6) is 2.23. The Bertz CT molecular complexity index is 802. The van der Waals surface area contributed by atoms with Crippen LogP contribution in [0, 0.1) is 0 Å². The van der Waals surface area contributed by atoms with Gasteiger partial charge in [-0.2, -0.15) is 0 Å². The van der Waals surface area contributed by atoms with Crippen LogP contribution < -0.4 is 25.7 Å². The van der Waals surface area contributed by atoms with E-state index in [1.54, 1.807) is 19.2 Å². The molecule has 0 aromatic heterocycles. The van der Waals surface area contributed by atoms with Crippen LogP contribution in [0.25, 0.3) is 0 Å². The van der Waals surface area contributed by atoms with Gasteiger partial charge in [-0.1, -0.05) is 0 Å². The normalized spacial score (nSPS) is 10.5. The number of anilines is 2. The van der Waals surface area contributed by atoms with Gasteiger partial charge in [0.15, 0.2) is 11.5 Å². The van der Waals surface area contributed by atoms with Crippen LogP contribution in [0.4, 0.5) is 11.4 Å². The molecule has 2 rings (SSSR count). The minimum absolute atomic E-state index is 0.604. The van der Waals surface area contributed by atoms with Crippen molar-refractivity contribution in [3.8, 4) is 17.2 Å². The van der Waals surface area contributed by atoms with Gasteiger partial charge < -0.3 is 30.2 Å². The highest BCUT2D eigenvalue weighted by Gasteiger charge is 2.04. The summed E-state index contributed by atoms with van der Waals surface area (Å²) < 4.78 is 43.8. The topological polar surface area (TPSA) is 137 Å². The molecule has 8 nitrogen and oxygen atoms in total. The molecule has 0 aliphatic rings.